The van der Waals surface area contributed by atoms with Crippen LogP contribution in [0.5, 0.6) is 0 Å². The molecule has 0 bridgehead atoms. The molecule has 5 heterocycles. The Labute approximate surface area is 192 Å². The lowest BCUT2D eigenvalue weighted by Crippen LogP contribution is -2.42. The fourth-order valence-corrected chi connectivity index (χ4v) is 4.37. The smallest absolute Gasteiger partial charge is 0.312 e. The van der Waals surface area contributed by atoms with Crippen LogP contribution in [0.2, 0.25) is 0 Å². The minimum absolute atomic E-state index is 0.0111. The van der Waals surface area contributed by atoms with Crippen molar-refractivity contribution in [2.24, 2.45) is 0 Å². The van der Waals surface area contributed by atoms with Gasteiger partial charge in [0.2, 0.25) is 0 Å². The third-order valence-electron chi connectivity index (χ3n) is 5.97. The molecule has 0 unspecified atom stereocenters. The number of benzene rings is 1. The highest BCUT2D eigenvalue weighted by atomic mass is 19.1. The summed E-state index contributed by atoms with van der Waals surface area (Å²) in [6.07, 6.45) is 4.48. The van der Waals surface area contributed by atoms with Crippen molar-refractivity contribution in [1.29, 1.82) is 0 Å². The van der Waals surface area contributed by atoms with Gasteiger partial charge in [-0.05, 0) is 23.6 Å². The fraction of sp³-hybridized carbons (Fsp3) is 0.167. The van der Waals surface area contributed by atoms with E-state index in [-0.39, 0.29) is 23.4 Å². The number of carbonyl (C=O) groups is 1. The number of halogens is 1. The number of rotatable bonds is 3. The molecule has 0 saturated heterocycles. The normalized spacial score (nSPS) is 17.6. The van der Waals surface area contributed by atoms with E-state index in [4.69, 9.17) is 4.42 Å². The summed E-state index contributed by atoms with van der Waals surface area (Å²) in [5.41, 5.74) is 2.67. The minimum atomic E-state index is -0.509. The maximum atomic E-state index is 13.6. The molecule has 2 atom stereocenters. The molecule has 4 aromatic heterocycles. The topological polar surface area (TPSA) is 114 Å². The average molecular weight is 455 g/mol. The molecule has 1 N–H and O–H groups in total. The number of aromatic nitrogens is 6. The zero-order chi connectivity index (χ0) is 23.2. The van der Waals surface area contributed by atoms with E-state index in [0.29, 0.717) is 12.2 Å². The molecule has 5 aromatic rings. The Morgan fingerprint density at radius 2 is 1.94 bits per heavy atom. The van der Waals surface area contributed by atoms with E-state index < -0.39 is 17.8 Å². The Bertz CT molecular complexity index is 1510. The number of nitrogens with one attached hydrogen (secondary N) is 1. The Hall–Kier alpha value is -4.47. The molecule has 0 radical (unpaired) electrons. The van der Waals surface area contributed by atoms with Crippen molar-refractivity contribution in [3.63, 3.8) is 0 Å². The molecule has 0 saturated carbocycles. The van der Waals surface area contributed by atoms with Crippen LogP contribution in [0.15, 0.2) is 65.6 Å². The molecule has 0 spiro atoms. The molecule has 1 aliphatic rings. The second-order valence-corrected chi connectivity index (χ2v) is 8.19. The lowest BCUT2D eigenvalue weighted by atomic mass is 9.92. The van der Waals surface area contributed by atoms with Crippen molar-refractivity contribution >= 4 is 16.7 Å². The summed E-state index contributed by atoms with van der Waals surface area (Å²) < 4.78 is 18.8. The largest absolute Gasteiger partial charge is 0.411 e. The van der Waals surface area contributed by atoms with Crippen molar-refractivity contribution in [3.8, 4) is 11.6 Å². The summed E-state index contributed by atoms with van der Waals surface area (Å²) in [5.74, 6) is -1.07. The van der Waals surface area contributed by atoms with Crippen molar-refractivity contribution in [3.05, 3.63) is 90.0 Å². The van der Waals surface area contributed by atoms with Crippen LogP contribution in [0, 0.1) is 5.82 Å². The van der Waals surface area contributed by atoms with Gasteiger partial charge in [-0.3, -0.25) is 9.78 Å². The molecule has 9 nitrogen and oxygen atoms in total. The standard InChI is InChI=1S/C24H18FN7O2/c1-13-11-32(24(33)23-31-30-22(34-23)17-7-6-16(25)10-27-17)21(20-19(13)28-12-29-20)18-8-14-4-2-3-5-15(14)9-26-18/h2-10,12-13,21H,11H2,1H3,(H,28,29)/t13-,21+/m1/s1. The van der Waals surface area contributed by atoms with Crippen molar-refractivity contribution in [1.82, 2.24) is 35.0 Å². The first-order chi connectivity index (χ1) is 16.6. The molecular weight excluding hydrogens is 437 g/mol. The van der Waals surface area contributed by atoms with Crippen LogP contribution in [-0.2, 0) is 0 Å². The summed E-state index contributed by atoms with van der Waals surface area (Å²) in [6.45, 7) is 2.40. The number of carbonyl (C=O) groups excluding carboxylic acids is 1. The van der Waals surface area contributed by atoms with Gasteiger partial charge in [0, 0.05) is 24.0 Å². The number of hydrogen-bond acceptors (Lipinski definition) is 7. The number of aromatic amines is 1. The van der Waals surface area contributed by atoms with E-state index in [1.165, 1.54) is 12.1 Å². The van der Waals surface area contributed by atoms with Crippen LogP contribution in [0.4, 0.5) is 4.39 Å². The summed E-state index contributed by atoms with van der Waals surface area (Å²) in [6, 6.07) is 12.0. The van der Waals surface area contributed by atoms with Crippen LogP contribution in [0.25, 0.3) is 22.4 Å². The molecule has 0 fully saturated rings. The lowest BCUT2D eigenvalue weighted by Gasteiger charge is -2.36. The fourth-order valence-electron chi connectivity index (χ4n) is 4.37. The highest BCUT2D eigenvalue weighted by Crippen LogP contribution is 2.38. The van der Waals surface area contributed by atoms with Gasteiger partial charge in [0.1, 0.15) is 17.6 Å². The SMILES string of the molecule is C[C@@H]1CN(C(=O)c2nnc(-c3ccc(F)cn3)o2)[C@@H](c2cc3ccccc3cn2)c2[nH]cnc21. The van der Waals surface area contributed by atoms with Gasteiger partial charge in [-0.15, -0.1) is 10.2 Å². The summed E-state index contributed by atoms with van der Waals surface area (Å²) >= 11 is 0. The quantitative estimate of drug-likeness (QED) is 0.439. The number of hydrogen-bond donors (Lipinski definition) is 1. The first-order valence-corrected chi connectivity index (χ1v) is 10.7. The lowest BCUT2D eigenvalue weighted by molar-refractivity contribution is 0.0629. The Balaban J connectivity index is 1.41. The number of fused-ring (bicyclic) bond motifs is 2. The van der Waals surface area contributed by atoms with Crippen molar-refractivity contribution < 1.29 is 13.6 Å². The third-order valence-corrected chi connectivity index (χ3v) is 5.97. The zero-order valence-corrected chi connectivity index (χ0v) is 18.0. The van der Waals surface area contributed by atoms with Crippen LogP contribution >= 0.6 is 0 Å². The second kappa shape index (κ2) is 7.84. The van der Waals surface area contributed by atoms with Crippen molar-refractivity contribution in [2.75, 3.05) is 6.54 Å². The van der Waals surface area contributed by atoms with E-state index in [1.807, 2.05) is 37.3 Å². The number of pyridine rings is 2. The van der Waals surface area contributed by atoms with Gasteiger partial charge in [-0.1, -0.05) is 31.2 Å². The van der Waals surface area contributed by atoms with E-state index >= 15 is 0 Å². The summed E-state index contributed by atoms with van der Waals surface area (Å²) in [5, 5.41) is 9.91. The van der Waals surface area contributed by atoms with E-state index in [2.05, 4.69) is 30.1 Å². The number of H-pyrrole nitrogens is 1. The maximum absolute atomic E-state index is 13.6. The number of imidazole rings is 1. The summed E-state index contributed by atoms with van der Waals surface area (Å²) in [7, 11) is 0. The Morgan fingerprint density at radius 1 is 1.09 bits per heavy atom. The van der Waals surface area contributed by atoms with E-state index in [9.17, 15) is 9.18 Å². The highest BCUT2D eigenvalue weighted by Gasteiger charge is 2.40. The molecule has 1 aromatic carbocycles. The van der Waals surface area contributed by atoms with Gasteiger partial charge in [0.05, 0.1) is 29.6 Å². The van der Waals surface area contributed by atoms with E-state index in [0.717, 1.165) is 28.4 Å². The molecule has 6 rings (SSSR count). The molecule has 10 heteroatoms. The second-order valence-electron chi connectivity index (χ2n) is 8.19. The maximum Gasteiger partial charge on any atom is 0.312 e. The van der Waals surface area contributed by atoms with E-state index in [1.54, 1.807) is 17.4 Å². The molecule has 34 heavy (non-hydrogen) atoms. The van der Waals surface area contributed by atoms with Crippen LogP contribution in [0.1, 0.15) is 46.7 Å². The molecule has 1 aliphatic heterocycles. The number of amides is 1. The van der Waals surface area contributed by atoms with Gasteiger partial charge in [-0.2, -0.15) is 0 Å². The van der Waals surface area contributed by atoms with Crippen LogP contribution in [0.3, 0.4) is 0 Å². The van der Waals surface area contributed by atoms with Gasteiger partial charge >= 0.3 is 11.8 Å². The minimum Gasteiger partial charge on any atom is -0.411 e. The third kappa shape index (κ3) is 3.31. The number of nitrogens with zero attached hydrogens (tertiary/aromatic N) is 6. The summed E-state index contributed by atoms with van der Waals surface area (Å²) in [4.78, 5) is 31.6. The van der Waals surface area contributed by atoms with Gasteiger partial charge < -0.3 is 14.3 Å². The first kappa shape index (κ1) is 20.2. The molecule has 1 amide bonds. The monoisotopic (exact) mass is 455 g/mol. The van der Waals surface area contributed by atoms with Crippen LogP contribution in [-0.4, -0.2) is 47.5 Å². The van der Waals surface area contributed by atoms with Crippen LogP contribution < -0.4 is 0 Å². The van der Waals surface area contributed by atoms with Gasteiger partial charge in [0.15, 0.2) is 0 Å². The molecule has 0 aliphatic carbocycles. The zero-order valence-electron chi connectivity index (χ0n) is 18.0. The first-order valence-electron chi connectivity index (χ1n) is 10.7. The van der Waals surface area contributed by atoms with Crippen molar-refractivity contribution in [2.45, 2.75) is 18.9 Å². The average Bonchev–Trinajstić information content (AvgIpc) is 3.54. The van der Waals surface area contributed by atoms with Gasteiger partial charge in [-0.25, -0.2) is 14.4 Å². The highest BCUT2D eigenvalue weighted by molar-refractivity contribution is 5.91. The molecule has 168 valence electrons. The Morgan fingerprint density at radius 3 is 2.76 bits per heavy atom. The predicted molar refractivity (Wildman–Crippen MR) is 119 cm³/mol. The molecular formula is C24H18FN7O2. The predicted octanol–water partition coefficient (Wildman–Crippen LogP) is 3.89. The van der Waals surface area contributed by atoms with Gasteiger partial charge in [0.25, 0.3) is 5.89 Å². The Kier molecular flexibility index (Phi) is 4.65.